The number of thiazole rings is 1. The molecule has 0 bridgehead atoms. The minimum atomic E-state index is -0.244. The first-order valence-electron chi connectivity index (χ1n) is 8.94. The Morgan fingerprint density at radius 2 is 1.82 bits per heavy atom. The maximum atomic E-state index is 12.2. The van der Waals surface area contributed by atoms with Gasteiger partial charge in [-0.2, -0.15) is 0 Å². The summed E-state index contributed by atoms with van der Waals surface area (Å²) in [7, 11) is 0. The van der Waals surface area contributed by atoms with Crippen LogP contribution in [0.2, 0.25) is 5.02 Å². The molecule has 0 fully saturated rings. The molecule has 2 aromatic carbocycles. The van der Waals surface area contributed by atoms with E-state index in [1.807, 2.05) is 29.6 Å². The normalized spacial score (nSPS) is 10.5. The summed E-state index contributed by atoms with van der Waals surface area (Å²) in [4.78, 5) is 28.8. The average Bonchev–Trinajstić information content (AvgIpc) is 3.14. The van der Waals surface area contributed by atoms with E-state index in [1.165, 1.54) is 11.3 Å². The summed E-state index contributed by atoms with van der Waals surface area (Å²) in [6, 6.07) is 14.4. The summed E-state index contributed by atoms with van der Waals surface area (Å²) >= 11 is 7.17. The molecule has 0 unspecified atom stereocenters. The molecule has 2 amide bonds. The molecule has 5 nitrogen and oxygen atoms in total. The predicted molar refractivity (Wildman–Crippen MR) is 114 cm³/mol. The number of aryl methyl sites for hydroxylation is 2. The molecule has 0 aliphatic carbocycles. The van der Waals surface area contributed by atoms with Crippen LogP contribution in [0.5, 0.6) is 0 Å². The maximum Gasteiger partial charge on any atom is 0.257 e. The Morgan fingerprint density at radius 3 is 2.57 bits per heavy atom. The van der Waals surface area contributed by atoms with E-state index < -0.39 is 0 Å². The van der Waals surface area contributed by atoms with Gasteiger partial charge in [-0.1, -0.05) is 36.7 Å². The summed E-state index contributed by atoms with van der Waals surface area (Å²) in [5.41, 5.74) is 3.24. The lowest BCUT2D eigenvalue weighted by molar-refractivity contribution is -0.116. The minimum absolute atomic E-state index is 0.0550. The van der Waals surface area contributed by atoms with Crippen molar-refractivity contribution in [2.24, 2.45) is 0 Å². The van der Waals surface area contributed by atoms with Crippen molar-refractivity contribution >= 4 is 45.6 Å². The van der Waals surface area contributed by atoms with Gasteiger partial charge >= 0.3 is 0 Å². The second-order valence-electron chi connectivity index (χ2n) is 6.16. The quantitative estimate of drug-likeness (QED) is 0.560. The lowest BCUT2D eigenvalue weighted by Gasteiger charge is -2.09. The van der Waals surface area contributed by atoms with Crippen LogP contribution in [0.25, 0.3) is 0 Å². The van der Waals surface area contributed by atoms with E-state index in [0.29, 0.717) is 28.6 Å². The summed E-state index contributed by atoms with van der Waals surface area (Å²) in [6.45, 7) is 2.06. The van der Waals surface area contributed by atoms with Crippen molar-refractivity contribution < 1.29 is 9.59 Å². The third-order valence-corrected chi connectivity index (χ3v) is 5.22. The van der Waals surface area contributed by atoms with Crippen molar-refractivity contribution in [2.75, 3.05) is 10.6 Å². The summed E-state index contributed by atoms with van der Waals surface area (Å²) < 4.78 is 0. The maximum absolute atomic E-state index is 12.2. The van der Waals surface area contributed by atoms with Gasteiger partial charge in [-0.25, -0.2) is 4.98 Å². The highest BCUT2D eigenvalue weighted by atomic mass is 35.5. The third kappa shape index (κ3) is 5.41. The van der Waals surface area contributed by atoms with Gasteiger partial charge in [-0.15, -0.1) is 11.3 Å². The van der Waals surface area contributed by atoms with Crippen molar-refractivity contribution in [3.63, 3.8) is 0 Å². The molecule has 0 atom stereocenters. The van der Waals surface area contributed by atoms with E-state index in [2.05, 4.69) is 22.5 Å². The number of para-hydroxylation sites is 1. The van der Waals surface area contributed by atoms with Crippen molar-refractivity contribution in [1.82, 2.24) is 4.98 Å². The Balaban J connectivity index is 1.52. The number of carbonyl (C=O) groups is 2. The minimum Gasteiger partial charge on any atom is -0.326 e. The third-order valence-electron chi connectivity index (χ3n) is 4.16. The fraction of sp³-hybridized carbons (Fsp3) is 0.190. The standard InChI is InChI=1S/C21H20ClN3O2S/c1-2-14-5-3-4-6-18(14)24-19(26)12-11-17-13-28-21(23-17)25-20(27)15-7-9-16(22)10-8-15/h3-10,13H,2,11-12H2,1H3,(H,24,26)(H,23,25,27). The molecular formula is C21H20ClN3O2S. The van der Waals surface area contributed by atoms with Crippen LogP contribution < -0.4 is 10.6 Å². The van der Waals surface area contributed by atoms with Gasteiger partial charge in [0.05, 0.1) is 5.69 Å². The Kier molecular flexibility index (Phi) is 6.79. The molecule has 7 heteroatoms. The summed E-state index contributed by atoms with van der Waals surface area (Å²) in [5, 5.41) is 8.65. The van der Waals surface area contributed by atoms with Gasteiger partial charge in [-0.3, -0.25) is 14.9 Å². The first-order chi connectivity index (χ1) is 13.5. The van der Waals surface area contributed by atoms with Crippen LogP contribution in [0.4, 0.5) is 10.8 Å². The number of hydrogen-bond donors (Lipinski definition) is 2. The highest BCUT2D eigenvalue weighted by Crippen LogP contribution is 2.19. The molecule has 28 heavy (non-hydrogen) atoms. The first kappa shape index (κ1) is 20.0. The Labute approximate surface area is 172 Å². The molecule has 0 saturated heterocycles. The molecular weight excluding hydrogens is 394 g/mol. The molecule has 0 aliphatic rings. The number of anilines is 2. The number of benzene rings is 2. The van der Waals surface area contributed by atoms with Gasteiger partial charge in [0.2, 0.25) is 5.91 Å². The van der Waals surface area contributed by atoms with Crippen LogP contribution in [0.1, 0.15) is 35.0 Å². The number of amides is 2. The molecule has 3 rings (SSSR count). The van der Waals surface area contributed by atoms with Crippen LogP contribution in [0.3, 0.4) is 0 Å². The average molecular weight is 414 g/mol. The zero-order valence-electron chi connectivity index (χ0n) is 15.4. The van der Waals surface area contributed by atoms with Gasteiger partial charge in [-0.05, 0) is 48.7 Å². The number of aromatic nitrogens is 1. The monoisotopic (exact) mass is 413 g/mol. The van der Waals surface area contributed by atoms with Gasteiger partial charge in [0.15, 0.2) is 5.13 Å². The zero-order chi connectivity index (χ0) is 19.9. The van der Waals surface area contributed by atoms with Crippen LogP contribution in [0, 0.1) is 0 Å². The van der Waals surface area contributed by atoms with E-state index in [4.69, 9.17) is 11.6 Å². The SMILES string of the molecule is CCc1ccccc1NC(=O)CCc1csc(NC(=O)c2ccc(Cl)cc2)n1. The second kappa shape index (κ2) is 9.48. The topological polar surface area (TPSA) is 71.1 Å². The number of hydrogen-bond acceptors (Lipinski definition) is 4. The van der Waals surface area contributed by atoms with E-state index >= 15 is 0 Å². The number of rotatable bonds is 7. The zero-order valence-corrected chi connectivity index (χ0v) is 16.9. The van der Waals surface area contributed by atoms with E-state index in [0.717, 1.165) is 23.4 Å². The van der Waals surface area contributed by atoms with E-state index in [1.54, 1.807) is 24.3 Å². The molecule has 2 N–H and O–H groups in total. The fourth-order valence-electron chi connectivity index (χ4n) is 2.65. The number of nitrogens with one attached hydrogen (secondary N) is 2. The van der Waals surface area contributed by atoms with Crippen molar-refractivity contribution in [3.05, 3.63) is 75.8 Å². The molecule has 1 heterocycles. The lowest BCUT2D eigenvalue weighted by Crippen LogP contribution is -2.14. The number of nitrogens with zero attached hydrogens (tertiary/aromatic N) is 1. The Bertz CT molecular complexity index is 970. The van der Waals surface area contributed by atoms with E-state index in [9.17, 15) is 9.59 Å². The largest absolute Gasteiger partial charge is 0.326 e. The van der Waals surface area contributed by atoms with Crippen LogP contribution in [-0.2, 0) is 17.6 Å². The second-order valence-corrected chi connectivity index (χ2v) is 7.46. The molecule has 0 radical (unpaired) electrons. The highest BCUT2D eigenvalue weighted by molar-refractivity contribution is 7.14. The lowest BCUT2D eigenvalue weighted by atomic mass is 10.1. The Morgan fingerprint density at radius 1 is 1.07 bits per heavy atom. The molecule has 0 aliphatic heterocycles. The van der Waals surface area contributed by atoms with Gasteiger partial charge in [0.1, 0.15) is 0 Å². The van der Waals surface area contributed by atoms with Crippen LogP contribution >= 0.6 is 22.9 Å². The first-order valence-corrected chi connectivity index (χ1v) is 10.2. The van der Waals surface area contributed by atoms with Gasteiger partial charge < -0.3 is 5.32 Å². The summed E-state index contributed by atoms with van der Waals surface area (Å²) in [6.07, 6.45) is 1.69. The van der Waals surface area contributed by atoms with Gasteiger partial charge in [0, 0.05) is 28.1 Å². The molecule has 0 spiro atoms. The molecule has 1 aromatic heterocycles. The van der Waals surface area contributed by atoms with Crippen molar-refractivity contribution in [2.45, 2.75) is 26.2 Å². The Hall–Kier alpha value is -2.70. The smallest absolute Gasteiger partial charge is 0.257 e. The van der Waals surface area contributed by atoms with Crippen LogP contribution in [0.15, 0.2) is 53.9 Å². The molecule has 0 saturated carbocycles. The van der Waals surface area contributed by atoms with Crippen molar-refractivity contribution in [1.29, 1.82) is 0 Å². The molecule has 3 aromatic rings. The predicted octanol–water partition coefficient (Wildman–Crippen LogP) is 5.18. The van der Waals surface area contributed by atoms with Crippen molar-refractivity contribution in [3.8, 4) is 0 Å². The number of halogens is 1. The van der Waals surface area contributed by atoms with Gasteiger partial charge in [0.25, 0.3) is 5.91 Å². The summed E-state index contributed by atoms with van der Waals surface area (Å²) in [5.74, 6) is -0.299. The van der Waals surface area contributed by atoms with E-state index in [-0.39, 0.29) is 11.8 Å². The van der Waals surface area contributed by atoms with Crippen LogP contribution in [-0.4, -0.2) is 16.8 Å². The molecule has 144 valence electrons. The fourth-order valence-corrected chi connectivity index (χ4v) is 3.52. The highest BCUT2D eigenvalue weighted by Gasteiger charge is 2.11. The number of carbonyl (C=O) groups excluding carboxylic acids is 2.